The highest BCUT2D eigenvalue weighted by Crippen LogP contribution is 2.26. The maximum Gasteiger partial charge on any atom is 0.224 e. The molecule has 1 aliphatic rings. The Kier molecular flexibility index (Phi) is 3.86. The van der Waals surface area contributed by atoms with Gasteiger partial charge in [0.25, 0.3) is 0 Å². The van der Waals surface area contributed by atoms with Crippen molar-refractivity contribution in [1.29, 1.82) is 0 Å². The Hall–Kier alpha value is -2.36. The third-order valence-corrected chi connectivity index (χ3v) is 3.68. The van der Waals surface area contributed by atoms with E-state index in [2.05, 4.69) is 16.4 Å². The molecule has 0 aliphatic carbocycles. The summed E-state index contributed by atoms with van der Waals surface area (Å²) in [6.07, 6.45) is 4.82. The lowest BCUT2D eigenvalue weighted by molar-refractivity contribution is -0.121. The molecule has 1 aliphatic heterocycles. The quantitative estimate of drug-likeness (QED) is 0.937. The first-order chi connectivity index (χ1) is 10.2. The summed E-state index contributed by atoms with van der Waals surface area (Å²) < 4.78 is 5.47. The van der Waals surface area contributed by atoms with Crippen LogP contribution in [0.5, 0.6) is 5.75 Å². The molecule has 2 aromatic rings. The minimum absolute atomic E-state index is 0.0187. The zero-order valence-electron chi connectivity index (χ0n) is 12.0. The second kappa shape index (κ2) is 5.95. The molecule has 0 saturated heterocycles. The fraction of sp³-hybridized carbons (Fsp3) is 0.294. The van der Waals surface area contributed by atoms with E-state index in [4.69, 9.17) is 4.74 Å². The first-order valence-electron chi connectivity index (χ1n) is 7.16. The number of nitrogens with zero attached hydrogens (tertiary/aromatic N) is 1. The highest BCUT2D eigenvalue weighted by Gasteiger charge is 2.14. The average Bonchev–Trinajstić information content (AvgIpc) is 2.95. The monoisotopic (exact) mass is 282 g/mol. The average molecular weight is 282 g/mol. The van der Waals surface area contributed by atoms with E-state index in [9.17, 15) is 4.79 Å². The fourth-order valence-electron chi connectivity index (χ4n) is 2.54. The number of fused-ring (bicyclic) bond motifs is 1. The van der Waals surface area contributed by atoms with Crippen LogP contribution in [0.4, 0.5) is 0 Å². The summed E-state index contributed by atoms with van der Waals surface area (Å²) in [6, 6.07) is 9.78. The number of carbonyl (C=O) groups excluding carboxylic acids is 1. The Morgan fingerprint density at radius 2 is 2.33 bits per heavy atom. The molecule has 4 heteroatoms. The first kappa shape index (κ1) is 13.6. The Morgan fingerprint density at radius 3 is 3.14 bits per heavy atom. The minimum Gasteiger partial charge on any atom is -0.493 e. The summed E-state index contributed by atoms with van der Waals surface area (Å²) in [5.74, 6) is 0.966. The standard InChI is InChI=1S/C17H18N2O2/c1-12(15-3-2-7-18-11-15)19-17(20)10-13-4-5-16-14(9-13)6-8-21-16/h2-5,7,9,11-12H,6,8,10H2,1H3,(H,19,20). The van der Waals surface area contributed by atoms with Gasteiger partial charge in [0.15, 0.2) is 0 Å². The molecular weight excluding hydrogens is 264 g/mol. The number of ether oxygens (including phenoxy) is 1. The summed E-state index contributed by atoms with van der Waals surface area (Å²) in [6.45, 7) is 2.70. The van der Waals surface area contributed by atoms with Gasteiger partial charge in [0.05, 0.1) is 19.1 Å². The molecular formula is C17H18N2O2. The third-order valence-electron chi connectivity index (χ3n) is 3.68. The number of pyridine rings is 1. The lowest BCUT2D eigenvalue weighted by Gasteiger charge is -2.14. The number of benzene rings is 1. The molecule has 0 fully saturated rings. The molecule has 0 saturated carbocycles. The molecule has 1 aromatic heterocycles. The van der Waals surface area contributed by atoms with Crippen LogP contribution in [0.15, 0.2) is 42.7 Å². The lowest BCUT2D eigenvalue weighted by Crippen LogP contribution is -2.28. The topological polar surface area (TPSA) is 51.2 Å². The fourth-order valence-corrected chi connectivity index (χ4v) is 2.54. The van der Waals surface area contributed by atoms with Gasteiger partial charge in [-0.3, -0.25) is 9.78 Å². The van der Waals surface area contributed by atoms with Gasteiger partial charge in [0.2, 0.25) is 5.91 Å². The Balaban J connectivity index is 1.61. The largest absolute Gasteiger partial charge is 0.493 e. The van der Waals surface area contributed by atoms with Crippen LogP contribution in [0.2, 0.25) is 0 Å². The summed E-state index contributed by atoms with van der Waals surface area (Å²) in [5, 5.41) is 3.00. The van der Waals surface area contributed by atoms with Gasteiger partial charge in [0, 0.05) is 18.8 Å². The molecule has 108 valence electrons. The van der Waals surface area contributed by atoms with Crippen molar-refractivity contribution in [1.82, 2.24) is 10.3 Å². The summed E-state index contributed by atoms with van der Waals surface area (Å²) >= 11 is 0. The molecule has 0 radical (unpaired) electrons. The number of hydrogen-bond donors (Lipinski definition) is 1. The van der Waals surface area contributed by atoms with E-state index in [0.717, 1.165) is 29.9 Å². The van der Waals surface area contributed by atoms with E-state index in [-0.39, 0.29) is 11.9 Å². The Labute approximate surface area is 124 Å². The van der Waals surface area contributed by atoms with Crippen LogP contribution in [-0.2, 0) is 17.6 Å². The minimum atomic E-state index is -0.0380. The smallest absolute Gasteiger partial charge is 0.224 e. The molecule has 1 amide bonds. The number of nitrogens with one attached hydrogen (secondary N) is 1. The Bertz CT molecular complexity index is 640. The highest BCUT2D eigenvalue weighted by atomic mass is 16.5. The number of carbonyl (C=O) groups is 1. The predicted octanol–water partition coefficient (Wildman–Crippen LogP) is 2.44. The molecule has 4 nitrogen and oxygen atoms in total. The zero-order valence-corrected chi connectivity index (χ0v) is 12.0. The molecule has 1 unspecified atom stereocenters. The van der Waals surface area contributed by atoms with Crippen molar-refractivity contribution in [2.24, 2.45) is 0 Å². The van der Waals surface area contributed by atoms with E-state index in [1.807, 2.05) is 31.2 Å². The van der Waals surface area contributed by atoms with Crippen LogP contribution in [0.1, 0.15) is 29.7 Å². The van der Waals surface area contributed by atoms with Crippen LogP contribution in [0, 0.1) is 0 Å². The van der Waals surface area contributed by atoms with Crippen molar-refractivity contribution < 1.29 is 9.53 Å². The number of hydrogen-bond acceptors (Lipinski definition) is 3. The van der Waals surface area contributed by atoms with Crippen molar-refractivity contribution in [3.8, 4) is 5.75 Å². The van der Waals surface area contributed by atoms with Crippen LogP contribution in [0.25, 0.3) is 0 Å². The molecule has 0 spiro atoms. The normalized spacial score (nSPS) is 14.1. The molecule has 21 heavy (non-hydrogen) atoms. The number of amides is 1. The maximum atomic E-state index is 12.1. The third kappa shape index (κ3) is 3.21. The van der Waals surface area contributed by atoms with Crippen molar-refractivity contribution >= 4 is 5.91 Å². The predicted molar refractivity (Wildman–Crippen MR) is 80.1 cm³/mol. The van der Waals surface area contributed by atoms with Gasteiger partial charge < -0.3 is 10.1 Å². The molecule has 1 N–H and O–H groups in total. The molecule has 1 aromatic carbocycles. The van der Waals surface area contributed by atoms with Crippen LogP contribution in [-0.4, -0.2) is 17.5 Å². The van der Waals surface area contributed by atoms with Gasteiger partial charge in [0.1, 0.15) is 5.75 Å². The van der Waals surface area contributed by atoms with Gasteiger partial charge in [-0.05, 0) is 35.7 Å². The van der Waals surface area contributed by atoms with Gasteiger partial charge in [-0.1, -0.05) is 18.2 Å². The first-order valence-corrected chi connectivity index (χ1v) is 7.16. The highest BCUT2D eigenvalue weighted by molar-refractivity contribution is 5.79. The van der Waals surface area contributed by atoms with Gasteiger partial charge in [-0.25, -0.2) is 0 Å². The van der Waals surface area contributed by atoms with Gasteiger partial charge in [-0.2, -0.15) is 0 Å². The number of aromatic nitrogens is 1. The second-order valence-corrected chi connectivity index (χ2v) is 5.29. The van der Waals surface area contributed by atoms with Crippen LogP contribution >= 0.6 is 0 Å². The SMILES string of the molecule is CC(NC(=O)Cc1ccc2c(c1)CCO2)c1cccnc1. The zero-order chi connectivity index (χ0) is 14.7. The second-order valence-electron chi connectivity index (χ2n) is 5.29. The maximum absolute atomic E-state index is 12.1. The van der Waals surface area contributed by atoms with Crippen molar-refractivity contribution in [3.63, 3.8) is 0 Å². The van der Waals surface area contributed by atoms with Crippen LogP contribution in [0.3, 0.4) is 0 Å². The summed E-state index contributed by atoms with van der Waals surface area (Å²) in [4.78, 5) is 16.2. The van der Waals surface area contributed by atoms with E-state index < -0.39 is 0 Å². The van der Waals surface area contributed by atoms with E-state index in [1.165, 1.54) is 5.56 Å². The summed E-state index contributed by atoms with van der Waals surface area (Å²) in [7, 11) is 0. The number of rotatable bonds is 4. The van der Waals surface area contributed by atoms with Crippen LogP contribution < -0.4 is 10.1 Å². The van der Waals surface area contributed by atoms with Gasteiger partial charge in [-0.15, -0.1) is 0 Å². The van der Waals surface area contributed by atoms with E-state index in [0.29, 0.717) is 6.42 Å². The molecule has 0 bridgehead atoms. The lowest BCUT2D eigenvalue weighted by atomic mass is 10.1. The van der Waals surface area contributed by atoms with E-state index >= 15 is 0 Å². The summed E-state index contributed by atoms with van der Waals surface area (Å²) in [5.41, 5.74) is 3.23. The molecule has 1 atom stereocenters. The van der Waals surface area contributed by atoms with Crippen molar-refractivity contribution in [2.45, 2.75) is 25.8 Å². The van der Waals surface area contributed by atoms with Crippen molar-refractivity contribution in [2.75, 3.05) is 6.61 Å². The van der Waals surface area contributed by atoms with Gasteiger partial charge >= 0.3 is 0 Å². The molecule has 3 rings (SSSR count). The molecule has 2 heterocycles. The van der Waals surface area contributed by atoms with E-state index in [1.54, 1.807) is 12.4 Å². The Morgan fingerprint density at radius 1 is 1.43 bits per heavy atom. The van der Waals surface area contributed by atoms with Crippen molar-refractivity contribution in [3.05, 3.63) is 59.4 Å².